The first-order valence-corrected chi connectivity index (χ1v) is 22.2. The summed E-state index contributed by atoms with van der Waals surface area (Å²) < 4.78 is 37.9. The van der Waals surface area contributed by atoms with Crippen LogP contribution in [0.4, 0.5) is 8.78 Å². The number of nitrogens with one attached hydrogen (secondary N) is 2. The van der Waals surface area contributed by atoms with Crippen LogP contribution in [-0.2, 0) is 51.1 Å². The molecular weight excluding hydrogens is 791 g/mol. The molecule has 1 unspecified atom stereocenters. The van der Waals surface area contributed by atoms with Crippen LogP contribution in [-0.4, -0.2) is 106 Å². The van der Waals surface area contributed by atoms with E-state index in [1.807, 2.05) is 0 Å². The zero-order valence-electron chi connectivity index (χ0n) is 32.9. The molecule has 2 N–H and O–H groups in total. The fraction of sp³-hybridized carbons (Fsp3) is 0.571. The third kappa shape index (κ3) is 10.5. The zero-order chi connectivity index (χ0) is 41.3. The Hall–Kier alpha value is -4.18. The molecule has 8 atom stereocenters. The van der Waals surface area contributed by atoms with Crippen molar-refractivity contribution >= 4 is 59.1 Å². The van der Waals surface area contributed by atoms with Gasteiger partial charge in [-0.15, -0.1) is 23.5 Å². The molecule has 0 aromatic heterocycles. The first-order valence-electron chi connectivity index (χ1n) is 20.1. The Morgan fingerprint density at radius 1 is 0.638 bits per heavy atom. The van der Waals surface area contributed by atoms with Crippen LogP contribution in [0.2, 0.25) is 0 Å². The lowest BCUT2D eigenvalue weighted by Crippen LogP contribution is -2.58. The summed E-state index contributed by atoms with van der Waals surface area (Å²) in [5.41, 5.74) is 1.37. The highest BCUT2D eigenvalue weighted by Gasteiger charge is 2.45. The first kappa shape index (κ1) is 43.4. The molecular formula is C42H52F2N4O8S2. The number of amides is 4. The summed E-state index contributed by atoms with van der Waals surface area (Å²) in [6.07, 6.45) is 5.39. The molecule has 4 fully saturated rings. The monoisotopic (exact) mass is 842 g/mol. The molecule has 0 aliphatic carbocycles. The standard InChI is InChI=1S/C42H52F2N4O8S2/c1-55-41(53)33-5-3-7-35-47(33)39(51)31(19-21-57-35)45-37(49)27(23-25-9-15-29(43)16-10-25)13-14-28(24-26-11-17-30(44)18-12-26)38(50)46-32-20-22-58-36-8-4-6-34(42(54)56-2)48(36)40(32)52/h9-12,15-18,27-28,31-36H,3-8,13-14,19-24H2,1-2H3,(H,45,49)(H,46,50)/t27-,28-,31+,32+,33+,34+,35+,36?/m1/s1. The van der Waals surface area contributed by atoms with E-state index in [0.29, 0.717) is 48.3 Å². The SMILES string of the molecule is COC(=O)[C@@H]1CCCC2SCC[C@H](NC(=O)[C@H](CC[C@H](Cc3ccc(F)cc3)C(=O)N[C@H]3CCS[C@H]4CCC[C@@H](C(=O)OC)N4C3=O)Cc3ccc(F)cc3)C(=O)N21. The normalized spacial score (nSPS) is 25.9. The molecule has 4 amide bonds. The van der Waals surface area contributed by atoms with Crippen molar-refractivity contribution < 1.29 is 47.0 Å². The van der Waals surface area contributed by atoms with Gasteiger partial charge in [-0.05, 0) is 124 Å². The third-order valence-corrected chi connectivity index (χ3v) is 14.3. The van der Waals surface area contributed by atoms with E-state index in [2.05, 4.69) is 10.6 Å². The zero-order valence-corrected chi connectivity index (χ0v) is 34.5. The maximum absolute atomic E-state index is 14.3. The van der Waals surface area contributed by atoms with Gasteiger partial charge in [-0.1, -0.05) is 24.3 Å². The lowest BCUT2D eigenvalue weighted by atomic mass is 9.86. The van der Waals surface area contributed by atoms with Gasteiger partial charge in [-0.3, -0.25) is 19.2 Å². The molecule has 0 radical (unpaired) electrons. The maximum atomic E-state index is 14.3. The minimum absolute atomic E-state index is 0.183. The summed E-state index contributed by atoms with van der Waals surface area (Å²) in [6, 6.07) is 8.34. The lowest BCUT2D eigenvalue weighted by Gasteiger charge is -2.40. The Bertz CT molecular complexity index is 1670. The van der Waals surface area contributed by atoms with E-state index in [1.165, 1.54) is 38.5 Å². The van der Waals surface area contributed by atoms with E-state index in [0.717, 1.165) is 25.7 Å². The molecule has 58 heavy (non-hydrogen) atoms. The van der Waals surface area contributed by atoms with Crippen LogP contribution in [0.3, 0.4) is 0 Å². The number of thioether (sulfide) groups is 2. The number of hydrogen-bond acceptors (Lipinski definition) is 10. The molecule has 0 bridgehead atoms. The minimum Gasteiger partial charge on any atom is -0.467 e. The number of rotatable bonds is 13. The molecule has 0 saturated carbocycles. The van der Waals surface area contributed by atoms with Gasteiger partial charge in [0.1, 0.15) is 35.8 Å². The van der Waals surface area contributed by atoms with E-state index in [4.69, 9.17) is 9.47 Å². The van der Waals surface area contributed by atoms with Crippen LogP contribution in [0.1, 0.15) is 75.3 Å². The van der Waals surface area contributed by atoms with Gasteiger partial charge < -0.3 is 29.9 Å². The predicted octanol–water partition coefficient (Wildman–Crippen LogP) is 4.77. The number of methoxy groups -OCH3 is 2. The van der Waals surface area contributed by atoms with Gasteiger partial charge in [0.15, 0.2) is 0 Å². The third-order valence-electron chi connectivity index (χ3n) is 11.7. The molecule has 6 rings (SSSR count). The number of benzene rings is 2. The van der Waals surface area contributed by atoms with Crippen LogP contribution in [0.15, 0.2) is 48.5 Å². The topological polar surface area (TPSA) is 151 Å². The second kappa shape index (κ2) is 20.2. The number of ether oxygens (including phenoxy) is 2. The fourth-order valence-electron chi connectivity index (χ4n) is 8.54. The van der Waals surface area contributed by atoms with Gasteiger partial charge in [-0.25, -0.2) is 18.4 Å². The number of halogens is 2. The minimum atomic E-state index is -0.893. The summed E-state index contributed by atoms with van der Waals surface area (Å²) in [7, 11) is 2.59. The van der Waals surface area contributed by atoms with Gasteiger partial charge in [0.2, 0.25) is 23.6 Å². The first-order chi connectivity index (χ1) is 28.0. The summed E-state index contributed by atoms with van der Waals surface area (Å²) in [6.45, 7) is 0. The maximum Gasteiger partial charge on any atom is 0.328 e. The number of carbonyl (C=O) groups is 6. The number of nitrogens with zero attached hydrogens (tertiary/aromatic N) is 2. The van der Waals surface area contributed by atoms with Gasteiger partial charge in [0.25, 0.3) is 0 Å². The molecule has 4 aliphatic rings. The number of piperidine rings is 2. The quantitative estimate of drug-likeness (QED) is 0.270. The molecule has 0 spiro atoms. The van der Waals surface area contributed by atoms with E-state index in [1.54, 1.807) is 57.6 Å². The second-order valence-electron chi connectivity index (χ2n) is 15.4. The van der Waals surface area contributed by atoms with E-state index >= 15 is 0 Å². The van der Waals surface area contributed by atoms with Gasteiger partial charge in [-0.2, -0.15) is 0 Å². The number of hydrogen-bond donors (Lipinski definition) is 2. The average molecular weight is 843 g/mol. The molecule has 314 valence electrons. The molecule has 4 aliphatic heterocycles. The van der Waals surface area contributed by atoms with Crippen molar-refractivity contribution in [2.24, 2.45) is 11.8 Å². The molecule has 16 heteroatoms. The van der Waals surface area contributed by atoms with E-state index < -0.39 is 71.4 Å². The van der Waals surface area contributed by atoms with Crippen LogP contribution in [0.25, 0.3) is 0 Å². The highest BCUT2D eigenvalue weighted by molar-refractivity contribution is 8.00. The van der Waals surface area contributed by atoms with Crippen molar-refractivity contribution in [3.05, 3.63) is 71.3 Å². The molecule has 4 saturated heterocycles. The van der Waals surface area contributed by atoms with E-state index in [9.17, 15) is 37.5 Å². The smallest absolute Gasteiger partial charge is 0.328 e. The van der Waals surface area contributed by atoms with Gasteiger partial charge >= 0.3 is 11.9 Å². The fourth-order valence-corrected chi connectivity index (χ4v) is 11.3. The average Bonchev–Trinajstić information content (AvgIpc) is 3.49. The Labute approximate surface area is 346 Å². The van der Waals surface area contributed by atoms with E-state index in [-0.39, 0.29) is 48.2 Å². The van der Waals surface area contributed by atoms with Crippen molar-refractivity contribution in [1.29, 1.82) is 0 Å². The molecule has 4 heterocycles. The largest absolute Gasteiger partial charge is 0.467 e. The van der Waals surface area contributed by atoms with Crippen molar-refractivity contribution in [1.82, 2.24) is 20.4 Å². The Balaban J connectivity index is 1.22. The van der Waals surface area contributed by atoms with Crippen molar-refractivity contribution in [3.8, 4) is 0 Å². The summed E-state index contributed by atoms with van der Waals surface area (Å²) in [5.74, 6) is -3.70. The molecule has 2 aromatic rings. The lowest BCUT2D eigenvalue weighted by molar-refractivity contribution is -0.156. The van der Waals surface area contributed by atoms with Crippen molar-refractivity contribution in [2.75, 3.05) is 25.7 Å². The number of fused-ring (bicyclic) bond motifs is 2. The van der Waals surface area contributed by atoms with Gasteiger partial charge in [0.05, 0.1) is 25.0 Å². The summed E-state index contributed by atoms with van der Waals surface area (Å²) >= 11 is 3.16. The Kier molecular flexibility index (Phi) is 15.1. The van der Waals surface area contributed by atoms with Crippen LogP contribution >= 0.6 is 23.5 Å². The van der Waals surface area contributed by atoms with Crippen molar-refractivity contribution in [3.63, 3.8) is 0 Å². The second-order valence-corrected chi connectivity index (χ2v) is 18.0. The summed E-state index contributed by atoms with van der Waals surface area (Å²) in [4.78, 5) is 85.4. The van der Waals surface area contributed by atoms with Crippen LogP contribution < -0.4 is 10.6 Å². The molecule has 2 aromatic carbocycles. The van der Waals surface area contributed by atoms with Crippen LogP contribution in [0, 0.1) is 23.5 Å². The Morgan fingerprint density at radius 3 is 1.38 bits per heavy atom. The number of esters is 2. The van der Waals surface area contributed by atoms with Crippen LogP contribution in [0.5, 0.6) is 0 Å². The predicted molar refractivity (Wildman–Crippen MR) is 215 cm³/mol. The Morgan fingerprint density at radius 2 is 1.02 bits per heavy atom. The number of carbonyl (C=O) groups excluding carboxylic acids is 6. The molecule has 12 nitrogen and oxygen atoms in total. The highest BCUT2D eigenvalue weighted by Crippen LogP contribution is 2.36. The van der Waals surface area contributed by atoms with Gasteiger partial charge in [0, 0.05) is 11.8 Å². The highest BCUT2D eigenvalue weighted by atomic mass is 32.2. The summed E-state index contributed by atoms with van der Waals surface area (Å²) in [5, 5.41) is 5.54. The van der Waals surface area contributed by atoms with Crippen molar-refractivity contribution in [2.45, 2.75) is 112 Å².